The highest BCUT2D eigenvalue weighted by Gasteiger charge is 2.22. The van der Waals surface area contributed by atoms with E-state index in [1.807, 2.05) is 28.9 Å². The van der Waals surface area contributed by atoms with E-state index in [4.69, 9.17) is 14.6 Å². The molecular formula is C29H37N3O3. The summed E-state index contributed by atoms with van der Waals surface area (Å²) in [6.45, 7) is 13.6. The first kappa shape index (κ1) is 25.1. The monoisotopic (exact) mass is 475 g/mol. The van der Waals surface area contributed by atoms with Crippen molar-refractivity contribution in [3.63, 3.8) is 0 Å². The quantitative estimate of drug-likeness (QED) is 0.455. The molecule has 6 nitrogen and oxygen atoms in total. The number of hydrogen-bond donors (Lipinski definition) is 0. The van der Waals surface area contributed by atoms with Crippen LogP contribution < -0.4 is 4.74 Å². The van der Waals surface area contributed by atoms with Crippen molar-refractivity contribution in [1.29, 1.82) is 0 Å². The lowest BCUT2D eigenvalue weighted by Crippen LogP contribution is -2.38. The molecule has 0 atom stereocenters. The van der Waals surface area contributed by atoms with Crippen molar-refractivity contribution < 1.29 is 14.3 Å². The van der Waals surface area contributed by atoms with E-state index in [1.165, 1.54) is 5.56 Å². The second-order valence-corrected chi connectivity index (χ2v) is 10.4. The number of ketones is 1. The van der Waals surface area contributed by atoms with Crippen molar-refractivity contribution in [2.75, 3.05) is 39.5 Å². The fourth-order valence-corrected chi connectivity index (χ4v) is 4.13. The van der Waals surface area contributed by atoms with Gasteiger partial charge in [0.2, 0.25) is 0 Å². The van der Waals surface area contributed by atoms with Gasteiger partial charge in [0.25, 0.3) is 0 Å². The molecule has 1 aromatic heterocycles. The highest BCUT2D eigenvalue weighted by molar-refractivity contribution is 5.83. The number of Topliss-reactive ketones (excluding diaryl/α,β-unsaturated/α-hetero) is 1. The fraction of sp³-hybridized carbons (Fsp3) is 0.448. The third kappa shape index (κ3) is 7.03. The first-order valence-electron chi connectivity index (χ1n) is 12.5. The van der Waals surface area contributed by atoms with Crippen molar-refractivity contribution in [2.45, 2.75) is 46.0 Å². The van der Waals surface area contributed by atoms with Crippen molar-refractivity contribution >= 4 is 5.78 Å². The van der Waals surface area contributed by atoms with Crippen LogP contribution in [0.15, 0.2) is 54.6 Å². The highest BCUT2D eigenvalue weighted by Crippen LogP contribution is 2.24. The van der Waals surface area contributed by atoms with Gasteiger partial charge in [0, 0.05) is 37.9 Å². The Morgan fingerprint density at radius 1 is 1.00 bits per heavy atom. The van der Waals surface area contributed by atoms with Gasteiger partial charge in [-0.25, -0.2) is 4.68 Å². The summed E-state index contributed by atoms with van der Waals surface area (Å²) in [5, 5.41) is 4.85. The average Bonchev–Trinajstić information content (AvgIpc) is 3.25. The normalized spacial score (nSPS) is 14.7. The number of ether oxygens (including phenoxy) is 2. The van der Waals surface area contributed by atoms with Crippen LogP contribution in [0.2, 0.25) is 0 Å². The van der Waals surface area contributed by atoms with Crippen molar-refractivity contribution in [3.8, 4) is 11.4 Å². The minimum absolute atomic E-state index is 0.0919. The lowest BCUT2D eigenvalue weighted by molar-refractivity contribution is -0.117. The molecule has 1 fully saturated rings. The van der Waals surface area contributed by atoms with Crippen LogP contribution in [-0.4, -0.2) is 59.9 Å². The standard InChI is InChI=1S/C29H37N3O3/c1-22-5-9-24(10-6-22)32-25(21-28(30-32)29(2,3)4)20-26(33)19-23-7-11-27(12-8-23)35-18-15-31-13-16-34-17-14-31/h5-12,21H,13-20H2,1-4H3. The number of carbonyl (C=O) groups excluding carboxylic acids is 1. The Bertz CT molecular complexity index is 1110. The minimum Gasteiger partial charge on any atom is -0.492 e. The van der Waals surface area contributed by atoms with Crippen LogP contribution in [0, 0.1) is 6.92 Å². The van der Waals surface area contributed by atoms with E-state index < -0.39 is 0 Å². The summed E-state index contributed by atoms with van der Waals surface area (Å²) in [5.74, 6) is 1.00. The summed E-state index contributed by atoms with van der Waals surface area (Å²) in [5.41, 5.74) is 4.99. The maximum absolute atomic E-state index is 13.0. The largest absolute Gasteiger partial charge is 0.492 e. The number of benzene rings is 2. The third-order valence-electron chi connectivity index (χ3n) is 6.31. The summed E-state index contributed by atoms with van der Waals surface area (Å²) in [7, 11) is 0. The van der Waals surface area contributed by atoms with Crippen molar-refractivity contribution in [2.24, 2.45) is 0 Å². The van der Waals surface area contributed by atoms with Gasteiger partial charge in [-0.05, 0) is 42.8 Å². The van der Waals surface area contributed by atoms with E-state index in [9.17, 15) is 4.79 Å². The molecule has 1 aliphatic rings. The first-order valence-corrected chi connectivity index (χ1v) is 12.5. The van der Waals surface area contributed by atoms with Crippen LogP contribution in [0.1, 0.15) is 43.3 Å². The molecule has 0 bridgehead atoms. The Morgan fingerprint density at radius 2 is 1.69 bits per heavy atom. The molecular weight excluding hydrogens is 438 g/mol. The molecule has 2 aromatic carbocycles. The molecule has 0 saturated carbocycles. The molecule has 1 aliphatic heterocycles. The maximum Gasteiger partial charge on any atom is 0.143 e. The molecule has 4 rings (SSSR count). The van der Waals surface area contributed by atoms with Crippen LogP contribution in [0.3, 0.4) is 0 Å². The molecule has 1 saturated heterocycles. The summed E-state index contributed by atoms with van der Waals surface area (Å²) < 4.78 is 13.2. The summed E-state index contributed by atoms with van der Waals surface area (Å²) >= 11 is 0. The number of aromatic nitrogens is 2. The fourth-order valence-electron chi connectivity index (χ4n) is 4.13. The Kier molecular flexibility index (Phi) is 8.04. The predicted molar refractivity (Wildman–Crippen MR) is 139 cm³/mol. The van der Waals surface area contributed by atoms with E-state index in [2.05, 4.69) is 62.9 Å². The minimum atomic E-state index is -0.0919. The average molecular weight is 476 g/mol. The maximum atomic E-state index is 13.0. The number of nitrogens with zero attached hydrogens (tertiary/aromatic N) is 3. The van der Waals surface area contributed by atoms with E-state index in [-0.39, 0.29) is 11.2 Å². The highest BCUT2D eigenvalue weighted by atomic mass is 16.5. The van der Waals surface area contributed by atoms with Gasteiger partial charge in [0.15, 0.2) is 0 Å². The Balaban J connectivity index is 1.37. The van der Waals surface area contributed by atoms with Gasteiger partial charge >= 0.3 is 0 Å². The van der Waals surface area contributed by atoms with E-state index in [1.54, 1.807) is 0 Å². The predicted octanol–water partition coefficient (Wildman–Crippen LogP) is 4.54. The molecule has 3 aromatic rings. The molecule has 2 heterocycles. The summed E-state index contributed by atoms with van der Waals surface area (Å²) in [6.07, 6.45) is 0.729. The van der Waals surface area contributed by atoms with Gasteiger partial charge in [0.1, 0.15) is 18.1 Å². The number of morpholine rings is 1. The summed E-state index contributed by atoms with van der Waals surface area (Å²) in [4.78, 5) is 15.4. The van der Waals surface area contributed by atoms with E-state index in [0.717, 1.165) is 61.2 Å². The summed E-state index contributed by atoms with van der Waals surface area (Å²) in [6, 6.07) is 18.2. The molecule has 6 heteroatoms. The number of carbonyl (C=O) groups is 1. The van der Waals surface area contributed by atoms with Gasteiger partial charge in [-0.1, -0.05) is 50.6 Å². The van der Waals surface area contributed by atoms with Crippen LogP contribution in [0.25, 0.3) is 5.69 Å². The molecule has 0 N–H and O–H groups in total. The molecule has 0 radical (unpaired) electrons. The molecule has 0 amide bonds. The molecule has 0 spiro atoms. The van der Waals surface area contributed by atoms with Gasteiger partial charge < -0.3 is 9.47 Å². The van der Waals surface area contributed by atoms with Crippen LogP contribution in [0.5, 0.6) is 5.75 Å². The van der Waals surface area contributed by atoms with Gasteiger partial charge in [-0.3, -0.25) is 9.69 Å². The van der Waals surface area contributed by atoms with Crippen molar-refractivity contribution in [3.05, 3.63) is 77.1 Å². The number of hydrogen-bond acceptors (Lipinski definition) is 5. The number of aryl methyl sites for hydroxylation is 1. The van der Waals surface area contributed by atoms with Crippen LogP contribution in [0.4, 0.5) is 0 Å². The first-order chi connectivity index (χ1) is 16.8. The van der Waals surface area contributed by atoms with Crippen molar-refractivity contribution in [1.82, 2.24) is 14.7 Å². The zero-order valence-electron chi connectivity index (χ0n) is 21.4. The van der Waals surface area contributed by atoms with Gasteiger partial charge in [0.05, 0.1) is 30.3 Å². The zero-order chi connectivity index (χ0) is 24.8. The molecule has 186 valence electrons. The van der Waals surface area contributed by atoms with Gasteiger partial charge in [-0.15, -0.1) is 0 Å². The topological polar surface area (TPSA) is 56.6 Å². The van der Waals surface area contributed by atoms with Gasteiger partial charge in [-0.2, -0.15) is 5.10 Å². The Morgan fingerprint density at radius 3 is 2.34 bits per heavy atom. The SMILES string of the molecule is Cc1ccc(-n2nc(C(C)(C)C)cc2CC(=O)Cc2ccc(OCCN3CCOCC3)cc2)cc1. The van der Waals surface area contributed by atoms with E-state index >= 15 is 0 Å². The smallest absolute Gasteiger partial charge is 0.143 e. The second kappa shape index (κ2) is 11.2. The lowest BCUT2D eigenvalue weighted by Gasteiger charge is -2.26. The Hall–Kier alpha value is -2.96. The molecule has 35 heavy (non-hydrogen) atoms. The number of rotatable bonds is 9. The molecule has 0 aliphatic carbocycles. The van der Waals surface area contributed by atoms with Crippen LogP contribution in [-0.2, 0) is 27.8 Å². The zero-order valence-corrected chi connectivity index (χ0v) is 21.4. The third-order valence-corrected chi connectivity index (χ3v) is 6.31. The Labute approximate surface area is 208 Å². The van der Waals surface area contributed by atoms with E-state index in [0.29, 0.717) is 19.4 Å². The van der Waals surface area contributed by atoms with Crippen LogP contribution >= 0.6 is 0 Å². The lowest BCUT2D eigenvalue weighted by atomic mass is 9.92. The second-order valence-electron chi connectivity index (χ2n) is 10.4. The molecule has 0 unspecified atom stereocenters.